The third-order valence-corrected chi connectivity index (χ3v) is 3.75. The van der Waals surface area contributed by atoms with Gasteiger partial charge in [0.2, 0.25) is 0 Å². The molecule has 2 fully saturated rings. The maximum atomic E-state index is 2.68. The van der Waals surface area contributed by atoms with Crippen molar-refractivity contribution < 1.29 is 0 Å². The van der Waals surface area contributed by atoms with Gasteiger partial charge in [0.1, 0.15) is 0 Å². The molecule has 1 atom stereocenters. The topological polar surface area (TPSA) is 9.72 Å². The van der Waals surface area contributed by atoms with Crippen LogP contribution in [-0.2, 0) is 0 Å². The van der Waals surface area contributed by atoms with Crippen LogP contribution >= 0.6 is 0 Å². The van der Waals surface area contributed by atoms with E-state index in [1.54, 1.807) is 0 Å². The monoisotopic (exact) mass is 211 g/mol. The number of fused-ring (bicyclic) bond motifs is 1. The fourth-order valence-electron chi connectivity index (χ4n) is 2.87. The first-order valence-corrected chi connectivity index (χ1v) is 6.37. The van der Waals surface area contributed by atoms with Crippen LogP contribution in [0.25, 0.3) is 0 Å². The molecule has 3 heteroatoms. The number of piperazine rings is 1. The minimum absolute atomic E-state index is 0.887. The molecule has 88 valence electrons. The van der Waals surface area contributed by atoms with Gasteiger partial charge < -0.3 is 9.80 Å². The van der Waals surface area contributed by atoms with Crippen LogP contribution in [0.3, 0.4) is 0 Å². The van der Waals surface area contributed by atoms with Gasteiger partial charge in [-0.2, -0.15) is 0 Å². The number of hydrogen-bond acceptors (Lipinski definition) is 3. The van der Waals surface area contributed by atoms with E-state index in [4.69, 9.17) is 0 Å². The van der Waals surface area contributed by atoms with Crippen LogP contribution < -0.4 is 0 Å². The fourth-order valence-corrected chi connectivity index (χ4v) is 2.87. The van der Waals surface area contributed by atoms with Gasteiger partial charge in [-0.1, -0.05) is 0 Å². The first-order valence-electron chi connectivity index (χ1n) is 6.37. The maximum absolute atomic E-state index is 2.68. The van der Waals surface area contributed by atoms with Crippen LogP contribution in [-0.4, -0.2) is 74.1 Å². The van der Waals surface area contributed by atoms with Crippen LogP contribution in [0, 0.1) is 0 Å². The highest BCUT2D eigenvalue weighted by Crippen LogP contribution is 2.21. The van der Waals surface area contributed by atoms with E-state index in [9.17, 15) is 0 Å². The first kappa shape index (κ1) is 11.4. The largest absolute Gasteiger partial charge is 0.309 e. The zero-order valence-corrected chi connectivity index (χ0v) is 10.3. The number of rotatable bonds is 4. The molecule has 3 nitrogen and oxygen atoms in total. The first-order chi connectivity index (χ1) is 7.25. The lowest BCUT2D eigenvalue weighted by Gasteiger charge is -2.37. The SMILES string of the molecule is CN(C)CCCN1CCN2CCCC2C1. The molecule has 2 aliphatic heterocycles. The minimum Gasteiger partial charge on any atom is -0.309 e. The van der Waals surface area contributed by atoms with Gasteiger partial charge in [0.15, 0.2) is 0 Å². The van der Waals surface area contributed by atoms with Gasteiger partial charge in [-0.15, -0.1) is 0 Å². The summed E-state index contributed by atoms with van der Waals surface area (Å²) < 4.78 is 0. The van der Waals surface area contributed by atoms with Crippen molar-refractivity contribution in [3.05, 3.63) is 0 Å². The van der Waals surface area contributed by atoms with Gasteiger partial charge in [0.05, 0.1) is 0 Å². The molecular weight excluding hydrogens is 186 g/mol. The van der Waals surface area contributed by atoms with Gasteiger partial charge >= 0.3 is 0 Å². The Morgan fingerprint density at radius 2 is 2.07 bits per heavy atom. The third kappa shape index (κ3) is 3.16. The van der Waals surface area contributed by atoms with Gasteiger partial charge in [-0.05, 0) is 53.0 Å². The molecule has 0 aromatic carbocycles. The van der Waals surface area contributed by atoms with Crippen LogP contribution in [0.2, 0.25) is 0 Å². The van der Waals surface area contributed by atoms with Gasteiger partial charge in [0, 0.05) is 25.7 Å². The Hall–Kier alpha value is -0.120. The van der Waals surface area contributed by atoms with E-state index in [1.165, 1.54) is 58.5 Å². The van der Waals surface area contributed by atoms with Crippen molar-refractivity contribution in [3.8, 4) is 0 Å². The predicted molar refractivity (Wildman–Crippen MR) is 64.2 cm³/mol. The summed E-state index contributed by atoms with van der Waals surface area (Å²) in [6.45, 7) is 7.81. The smallest absolute Gasteiger partial charge is 0.0224 e. The van der Waals surface area contributed by atoms with E-state index in [1.807, 2.05) is 0 Å². The second kappa shape index (κ2) is 5.28. The number of hydrogen-bond donors (Lipinski definition) is 0. The molecular formula is C12H25N3. The summed E-state index contributed by atoms with van der Waals surface area (Å²) in [6.07, 6.45) is 4.18. The van der Waals surface area contributed by atoms with E-state index in [0.717, 1.165) is 6.04 Å². The summed E-state index contributed by atoms with van der Waals surface area (Å²) >= 11 is 0. The van der Waals surface area contributed by atoms with Crippen LogP contribution in [0.15, 0.2) is 0 Å². The second-order valence-electron chi connectivity index (χ2n) is 5.29. The van der Waals surface area contributed by atoms with E-state index in [2.05, 4.69) is 28.8 Å². The lowest BCUT2D eigenvalue weighted by molar-refractivity contribution is 0.102. The Balaban J connectivity index is 1.66. The van der Waals surface area contributed by atoms with Gasteiger partial charge in [0.25, 0.3) is 0 Å². The van der Waals surface area contributed by atoms with Crippen molar-refractivity contribution in [3.63, 3.8) is 0 Å². The fraction of sp³-hybridized carbons (Fsp3) is 1.00. The van der Waals surface area contributed by atoms with Gasteiger partial charge in [-0.25, -0.2) is 0 Å². The molecule has 0 radical (unpaired) electrons. The predicted octanol–water partition coefficient (Wildman–Crippen LogP) is 0.718. The molecule has 2 heterocycles. The number of nitrogens with zero attached hydrogens (tertiary/aromatic N) is 3. The Bertz CT molecular complexity index is 193. The summed E-state index contributed by atoms with van der Waals surface area (Å²) in [5.74, 6) is 0. The van der Waals surface area contributed by atoms with Gasteiger partial charge in [-0.3, -0.25) is 4.90 Å². The minimum atomic E-state index is 0.887. The average molecular weight is 211 g/mol. The molecule has 0 aromatic heterocycles. The van der Waals surface area contributed by atoms with E-state index >= 15 is 0 Å². The van der Waals surface area contributed by atoms with Crippen LogP contribution in [0.4, 0.5) is 0 Å². The van der Waals surface area contributed by atoms with E-state index in [-0.39, 0.29) is 0 Å². The Morgan fingerprint density at radius 1 is 1.20 bits per heavy atom. The van der Waals surface area contributed by atoms with E-state index < -0.39 is 0 Å². The molecule has 15 heavy (non-hydrogen) atoms. The Morgan fingerprint density at radius 3 is 2.87 bits per heavy atom. The highest BCUT2D eigenvalue weighted by Gasteiger charge is 2.29. The molecule has 0 N–H and O–H groups in total. The van der Waals surface area contributed by atoms with Crippen LogP contribution in [0.1, 0.15) is 19.3 Å². The summed E-state index contributed by atoms with van der Waals surface area (Å²) in [4.78, 5) is 7.63. The van der Waals surface area contributed by atoms with Crippen molar-refractivity contribution in [1.29, 1.82) is 0 Å². The summed E-state index contributed by atoms with van der Waals surface area (Å²) in [5, 5.41) is 0. The van der Waals surface area contributed by atoms with Crippen molar-refractivity contribution in [1.82, 2.24) is 14.7 Å². The molecule has 0 spiro atoms. The average Bonchev–Trinajstić information content (AvgIpc) is 2.64. The maximum Gasteiger partial charge on any atom is 0.0224 e. The molecule has 0 aliphatic carbocycles. The zero-order chi connectivity index (χ0) is 10.7. The molecule has 1 unspecified atom stereocenters. The molecule has 0 amide bonds. The highest BCUT2D eigenvalue weighted by atomic mass is 15.3. The second-order valence-corrected chi connectivity index (χ2v) is 5.29. The molecule has 2 rings (SSSR count). The van der Waals surface area contributed by atoms with Crippen molar-refractivity contribution in [2.24, 2.45) is 0 Å². The standard InChI is InChI=1S/C12H25N3/c1-13(2)6-4-7-14-9-10-15-8-3-5-12(15)11-14/h12H,3-11H2,1-2H3. The normalized spacial score (nSPS) is 28.6. The quantitative estimate of drug-likeness (QED) is 0.678. The van der Waals surface area contributed by atoms with Crippen molar-refractivity contribution >= 4 is 0 Å². The highest BCUT2D eigenvalue weighted by molar-refractivity contribution is 4.86. The Labute approximate surface area is 94.0 Å². The molecule has 0 saturated carbocycles. The van der Waals surface area contributed by atoms with Crippen molar-refractivity contribution in [2.75, 3.05) is 53.4 Å². The zero-order valence-electron chi connectivity index (χ0n) is 10.3. The summed E-state index contributed by atoms with van der Waals surface area (Å²) in [6, 6.07) is 0.887. The molecule has 2 aliphatic rings. The van der Waals surface area contributed by atoms with Crippen LogP contribution in [0.5, 0.6) is 0 Å². The summed E-state index contributed by atoms with van der Waals surface area (Å²) in [7, 11) is 4.32. The van der Waals surface area contributed by atoms with Crippen molar-refractivity contribution in [2.45, 2.75) is 25.3 Å². The molecule has 0 bridgehead atoms. The van der Waals surface area contributed by atoms with E-state index in [0.29, 0.717) is 0 Å². The molecule has 2 saturated heterocycles. The summed E-state index contributed by atoms with van der Waals surface area (Å²) in [5.41, 5.74) is 0. The third-order valence-electron chi connectivity index (χ3n) is 3.75. The Kier molecular flexibility index (Phi) is 4.00. The lowest BCUT2D eigenvalue weighted by atomic mass is 10.1. The molecule has 0 aromatic rings. The lowest BCUT2D eigenvalue weighted by Crippen LogP contribution is -2.50.